The Morgan fingerprint density at radius 1 is 1.55 bits per heavy atom. The fourth-order valence-corrected chi connectivity index (χ4v) is 2.32. The quantitative estimate of drug-likeness (QED) is 0.589. The van der Waals surface area contributed by atoms with E-state index < -0.39 is 5.41 Å². The summed E-state index contributed by atoms with van der Waals surface area (Å²) in [6.07, 6.45) is 4.19. The van der Waals surface area contributed by atoms with Crippen LogP contribution < -0.4 is 15.4 Å². The van der Waals surface area contributed by atoms with E-state index in [9.17, 15) is 9.59 Å². The molecule has 1 aliphatic rings. The van der Waals surface area contributed by atoms with Crippen LogP contribution in [0.2, 0.25) is 0 Å². The Balaban J connectivity index is 1.96. The highest BCUT2D eigenvalue weighted by atomic mass is 16.5. The van der Waals surface area contributed by atoms with Crippen molar-refractivity contribution in [2.45, 2.75) is 39.7 Å². The Labute approximate surface area is 130 Å². The Hall–Kier alpha value is -2.11. The molecule has 1 aliphatic heterocycles. The predicted octanol–water partition coefficient (Wildman–Crippen LogP) is 1.40. The molecule has 2 heterocycles. The maximum absolute atomic E-state index is 12.3. The number of aromatic nitrogens is 1. The molecule has 0 aromatic carbocycles. The van der Waals surface area contributed by atoms with Crippen molar-refractivity contribution in [2.75, 3.05) is 13.2 Å². The van der Waals surface area contributed by atoms with E-state index in [1.165, 1.54) is 0 Å². The second-order valence-corrected chi connectivity index (χ2v) is 5.69. The van der Waals surface area contributed by atoms with Crippen molar-refractivity contribution in [1.82, 2.24) is 15.6 Å². The van der Waals surface area contributed by atoms with Gasteiger partial charge in [-0.3, -0.25) is 9.59 Å². The van der Waals surface area contributed by atoms with Crippen LogP contribution in [-0.2, 0) is 16.1 Å². The number of hydrogen-bond donors (Lipinski definition) is 2. The molecule has 2 N–H and O–H groups in total. The molecular formula is C16H23N3O3. The average Bonchev–Trinajstić information content (AvgIpc) is 2.87. The van der Waals surface area contributed by atoms with Crippen molar-refractivity contribution in [2.24, 2.45) is 5.41 Å². The molecule has 22 heavy (non-hydrogen) atoms. The molecule has 0 radical (unpaired) electrons. The monoisotopic (exact) mass is 305 g/mol. The van der Waals surface area contributed by atoms with Crippen molar-refractivity contribution in [3.63, 3.8) is 0 Å². The van der Waals surface area contributed by atoms with Gasteiger partial charge in [-0.15, -0.1) is 0 Å². The smallest absolute Gasteiger partial charge is 0.235 e. The zero-order valence-corrected chi connectivity index (χ0v) is 13.1. The number of carbonyl (C=O) groups excluding carboxylic acids is 2. The van der Waals surface area contributed by atoms with Crippen LogP contribution >= 0.6 is 0 Å². The number of hydrogen-bond acceptors (Lipinski definition) is 4. The molecule has 2 rings (SSSR count). The zero-order chi connectivity index (χ0) is 16.0. The maximum atomic E-state index is 12.3. The van der Waals surface area contributed by atoms with Gasteiger partial charge in [0.2, 0.25) is 17.7 Å². The number of pyridine rings is 1. The first-order valence-electron chi connectivity index (χ1n) is 7.71. The largest absolute Gasteiger partial charge is 0.477 e. The normalized spacial score (nSPS) is 20.5. The molecule has 0 bridgehead atoms. The molecule has 2 amide bonds. The minimum atomic E-state index is -0.981. The number of amides is 2. The van der Waals surface area contributed by atoms with Crippen LogP contribution in [0.25, 0.3) is 0 Å². The fraction of sp³-hybridized carbons (Fsp3) is 0.562. The SMILES string of the molecule is CCCCOc1ncccc1CNC(=O)C1(C)CCNC1=O. The summed E-state index contributed by atoms with van der Waals surface area (Å²) in [5.74, 6) is 0.0683. The molecule has 1 aromatic rings. The van der Waals surface area contributed by atoms with Gasteiger partial charge in [-0.1, -0.05) is 19.4 Å². The highest BCUT2D eigenvalue weighted by Gasteiger charge is 2.44. The number of carbonyl (C=O) groups is 2. The second kappa shape index (κ2) is 7.24. The minimum absolute atomic E-state index is 0.212. The van der Waals surface area contributed by atoms with E-state index in [0.717, 1.165) is 18.4 Å². The number of rotatable bonds is 7. The molecule has 120 valence electrons. The fourth-order valence-electron chi connectivity index (χ4n) is 2.32. The van der Waals surface area contributed by atoms with Crippen LogP contribution in [0, 0.1) is 5.41 Å². The van der Waals surface area contributed by atoms with E-state index in [2.05, 4.69) is 22.5 Å². The number of nitrogens with one attached hydrogen (secondary N) is 2. The standard InChI is InChI=1S/C16H23N3O3/c1-3-4-10-22-13-12(6-5-8-17-13)11-19-15(21)16(2)7-9-18-14(16)20/h5-6,8H,3-4,7,9-11H2,1-2H3,(H,18,20)(H,19,21). The summed E-state index contributed by atoms with van der Waals surface area (Å²) in [5, 5.41) is 5.52. The molecule has 6 nitrogen and oxygen atoms in total. The summed E-state index contributed by atoms with van der Waals surface area (Å²) >= 11 is 0. The second-order valence-electron chi connectivity index (χ2n) is 5.69. The summed E-state index contributed by atoms with van der Waals surface area (Å²) < 4.78 is 5.64. The van der Waals surface area contributed by atoms with Crippen molar-refractivity contribution in [3.05, 3.63) is 23.9 Å². The molecule has 1 atom stereocenters. The van der Waals surface area contributed by atoms with Gasteiger partial charge >= 0.3 is 0 Å². The Bertz CT molecular complexity index is 547. The third-order valence-electron chi connectivity index (χ3n) is 3.94. The van der Waals surface area contributed by atoms with Crippen LogP contribution in [0.15, 0.2) is 18.3 Å². The van der Waals surface area contributed by atoms with E-state index >= 15 is 0 Å². The lowest BCUT2D eigenvalue weighted by Gasteiger charge is -2.20. The van der Waals surface area contributed by atoms with Crippen LogP contribution in [0.3, 0.4) is 0 Å². The molecule has 1 unspecified atom stereocenters. The molecular weight excluding hydrogens is 282 g/mol. The van der Waals surface area contributed by atoms with Gasteiger partial charge in [0.05, 0.1) is 6.61 Å². The van der Waals surface area contributed by atoms with Gasteiger partial charge in [0.1, 0.15) is 5.41 Å². The van der Waals surface area contributed by atoms with Crippen molar-refractivity contribution in [1.29, 1.82) is 0 Å². The van der Waals surface area contributed by atoms with Crippen LogP contribution in [0.1, 0.15) is 38.7 Å². The van der Waals surface area contributed by atoms with E-state index in [1.54, 1.807) is 19.2 Å². The average molecular weight is 305 g/mol. The topological polar surface area (TPSA) is 80.3 Å². The predicted molar refractivity (Wildman–Crippen MR) is 82.2 cm³/mol. The van der Waals surface area contributed by atoms with Gasteiger partial charge in [-0.05, 0) is 25.8 Å². The zero-order valence-electron chi connectivity index (χ0n) is 13.1. The summed E-state index contributed by atoms with van der Waals surface area (Å²) in [4.78, 5) is 28.3. The first-order chi connectivity index (χ1) is 10.6. The first-order valence-corrected chi connectivity index (χ1v) is 7.71. The molecule has 1 aromatic heterocycles. The number of ether oxygens (including phenoxy) is 1. The van der Waals surface area contributed by atoms with E-state index in [0.29, 0.717) is 32.0 Å². The minimum Gasteiger partial charge on any atom is -0.477 e. The van der Waals surface area contributed by atoms with Gasteiger partial charge in [0.15, 0.2) is 0 Å². The molecule has 1 saturated heterocycles. The molecule has 0 aliphatic carbocycles. The molecule has 1 fully saturated rings. The molecule has 6 heteroatoms. The van der Waals surface area contributed by atoms with Crippen LogP contribution in [0.4, 0.5) is 0 Å². The summed E-state index contributed by atoms with van der Waals surface area (Å²) in [6, 6.07) is 3.67. The highest BCUT2D eigenvalue weighted by molar-refractivity contribution is 6.05. The summed E-state index contributed by atoms with van der Waals surface area (Å²) in [7, 11) is 0. The molecule has 0 spiro atoms. The lowest BCUT2D eigenvalue weighted by Crippen LogP contribution is -2.43. The van der Waals surface area contributed by atoms with E-state index in [4.69, 9.17) is 4.74 Å². The van der Waals surface area contributed by atoms with Gasteiger partial charge < -0.3 is 15.4 Å². The van der Waals surface area contributed by atoms with Gasteiger partial charge in [0, 0.05) is 24.8 Å². The third kappa shape index (κ3) is 3.55. The lowest BCUT2D eigenvalue weighted by atomic mass is 9.88. The van der Waals surface area contributed by atoms with Crippen LogP contribution in [0.5, 0.6) is 5.88 Å². The first kappa shape index (κ1) is 16.3. The third-order valence-corrected chi connectivity index (χ3v) is 3.94. The van der Waals surface area contributed by atoms with Crippen LogP contribution in [-0.4, -0.2) is 29.9 Å². The number of nitrogens with zero attached hydrogens (tertiary/aromatic N) is 1. The summed E-state index contributed by atoms with van der Waals surface area (Å²) in [5.41, 5.74) is -0.167. The van der Waals surface area contributed by atoms with Crippen molar-refractivity contribution >= 4 is 11.8 Å². The Morgan fingerprint density at radius 2 is 2.36 bits per heavy atom. The number of unbranched alkanes of at least 4 members (excludes halogenated alkanes) is 1. The van der Waals surface area contributed by atoms with Gasteiger partial charge in [-0.2, -0.15) is 0 Å². The van der Waals surface area contributed by atoms with E-state index in [-0.39, 0.29) is 11.8 Å². The lowest BCUT2D eigenvalue weighted by molar-refractivity contribution is -0.139. The Morgan fingerprint density at radius 3 is 3.05 bits per heavy atom. The summed E-state index contributed by atoms with van der Waals surface area (Å²) in [6.45, 7) is 5.22. The highest BCUT2D eigenvalue weighted by Crippen LogP contribution is 2.26. The molecule has 0 saturated carbocycles. The van der Waals surface area contributed by atoms with Gasteiger partial charge in [-0.25, -0.2) is 4.98 Å². The van der Waals surface area contributed by atoms with Crippen molar-refractivity contribution in [3.8, 4) is 5.88 Å². The van der Waals surface area contributed by atoms with E-state index in [1.807, 2.05) is 6.07 Å². The van der Waals surface area contributed by atoms with Gasteiger partial charge in [0.25, 0.3) is 0 Å². The Kier molecular flexibility index (Phi) is 5.35. The van der Waals surface area contributed by atoms with Crippen molar-refractivity contribution < 1.29 is 14.3 Å². The maximum Gasteiger partial charge on any atom is 0.235 e.